The van der Waals surface area contributed by atoms with E-state index in [2.05, 4.69) is 63.9 Å². The van der Waals surface area contributed by atoms with Gasteiger partial charge in [0.25, 0.3) is 0 Å². The summed E-state index contributed by atoms with van der Waals surface area (Å²) in [4.78, 5) is 14.5. The lowest BCUT2D eigenvalue weighted by Gasteiger charge is -2.38. The summed E-state index contributed by atoms with van der Waals surface area (Å²) in [6.45, 7) is 9.84. The van der Waals surface area contributed by atoms with E-state index < -0.39 is 0 Å². The Morgan fingerprint density at radius 3 is 2.38 bits per heavy atom. The number of ketones is 1. The third kappa shape index (κ3) is 4.09. The smallest absolute Gasteiger partial charge is 0.137 e. The van der Waals surface area contributed by atoms with Crippen LogP contribution in [0.3, 0.4) is 0 Å². The molecule has 1 saturated carbocycles. The van der Waals surface area contributed by atoms with Crippen LogP contribution in [0.4, 0.5) is 5.69 Å². The molecule has 0 amide bonds. The molecule has 1 aromatic rings. The van der Waals surface area contributed by atoms with Gasteiger partial charge in [0.1, 0.15) is 5.78 Å². The van der Waals surface area contributed by atoms with Gasteiger partial charge < -0.3 is 4.90 Å². The van der Waals surface area contributed by atoms with Crippen molar-refractivity contribution in [2.24, 2.45) is 17.3 Å². The zero-order valence-electron chi connectivity index (χ0n) is 14.1. The molecule has 2 nitrogen and oxygen atoms in total. The Morgan fingerprint density at radius 1 is 1.19 bits per heavy atom. The maximum Gasteiger partial charge on any atom is 0.137 e. The number of hydrogen-bond donors (Lipinski definition) is 0. The first-order chi connectivity index (χ1) is 9.77. The average molecular weight is 287 g/mol. The van der Waals surface area contributed by atoms with Crippen molar-refractivity contribution in [3.05, 3.63) is 29.8 Å². The minimum absolute atomic E-state index is 0.189. The quantitative estimate of drug-likeness (QED) is 0.818. The maximum atomic E-state index is 12.3. The van der Waals surface area contributed by atoms with E-state index in [0.29, 0.717) is 17.1 Å². The van der Waals surface area contributed by atoms with Gasteiger partial charge in [0.2, 0.25) is 0 Å². The van der Waals surface area contributed by atoms with Crippen molar-refractivity contribution < 1.29 is 4.79 Å². The zero-order valence-corrected chi connectivity index (χ0v) is 14.1. The number of anilines is 1. The summed E-state index contributed by atoms with van der Waals surface area (Å²) in [7, 11) is 2.10. The third-order valence-corrected chi connectivity index (χ3v) is 4.96. The van der Waals surface area contributed by atoms with E-state index in [1.165, 1.54) is 11.3 Å². The van der Waals surface area contributed by atoms with Crippen LogP contribution in [0.15, 0.2) is 24.3 Å². The minimum Gasteiger partial charge on any atom is -0.374 e. The highest BCUT2D eigenvalue weighted by molar-refractivity contribution is 5.82. The molecule has 2 rings (SSSR count). The van der Waals surface area contributed by atoms with Crippen molar-refractivity contribution in [3.8, 4) is 0 Å². The standard InChI is InChI=1S/C19H29NO/c1-14-6-9-17(10-7-14)20(5)13-15-12-16(19(2,3)4)8-11-18(15)21/h6-7,9-10,15-16H,8,11-13H2,1-5H3. The first kappa shape index (κ1) is 16.1. The van der Waals surface area contributed by atoms with Gasteiger partial charge in [-0.15, -0.1) is 0 Å². The molecule has 2 unspecified atom stereocenters. The van der Waals surface area contributed by atoms with Crippen LogP contribution in [0.25, 0.3) is 0 Å². The molecule has 116 valence electrons. The lowest BCUT2D eigenvalue weighted by Crippen LogP contribution is -2.38. The van der Waals surface area contributed by atoms with Crippen molar-refractivity contribution in [2.45, 2.75) is 47.0 Å². The summed E-state index contributed by atoms with van der Waals surface area (Å²) in [5, 5.41) is 0. The van der Waals surface area contributed by atoms with Gasteiger partial charge in [-0.05, 0) is 43.2 Å². The second kappa shape index (κ2) is 6.21. The van der Waals surface area contributed by atoms with Gasteiger partial charge in [-0.2, -0.15) is 0 Å². The fourth-order valence-electron chi connectivity index (χ4n) is 3.31. The van der Waals surface area contributed by atoms with E-state index in [4.69, 9.17) is 0 Å². The molecule has 2 heteroatoms. The second-order valence-corrected chi connectivity index (χ2v) is 7.72. The molecule has 21 heavy (non-hydrogen) atoms. The van der Waals surface area contributed by atoms with Gasteiger partial charge in [0.15, 0.2) is 0 Å². The Kier molecular flexibility index (Phi) is 4.75. The molecule has 1 aliphatic carbocycles. The number of benzene rings is 1. The topological polar surface area (TPSA) is 20.3 Å². The number of carbonyl (C=O) groups excluding carboxylic acids is 1. The van der Waals surface area contributed by atoms with E-state index in [-0.39, 0.29) is 5.92 Å². The number of aryl methyl sites for hydroxylation is 1. The predicted octanol–water partition coefficient (Wildman–Crippen LogP) is 4.46. The summed E-state index contributed by atoms with van der Waals surface area (Å²) in [6.07, 6.45) is 2.86. The van der Waals surface area contributed by atoms with Crippen molar-refractivity contribution in [2.75, 3.05) is 18.5 Å². The van der Waals surface area contributed by atoms with Crippen LogP contribution >= 0.6 is 0 Å². The Balaban J connectivity index is 2.03. The minimum atomic E-state index is 0.189. The van der Waals surface area contributed by atoms with Crippen LogP contribution in [-0.4, -0.2) is 19.4 Å². The van der Waals surface area contributed by atoms with Gasteiger partial charge in [-0.3, -0.25) is 4.79 Å². The lowest BCUT2D eigenvalue weighted by molar-refractivity contribution is -0.126. The molecule has 0 radical (unpaired) electrons. The molecule has 1 aromatic carbocycles. The molecule has 0 spiro atoms. The molecule has 2 atom stereocenters. The first-order valence-corrected chi connectivity index (χ1v) is 8.08. The number of hydrogen-bond acceptors (Lipinski definition) is 2. The molecule has 1 fully saturated rings. The molecule has 1 aliphatic rings. The Labute approximate surface area is 129 Å². The Bertz CT molecular complexity index is 483. The lowest BCUT2D eigenvalue weighted by atomic mass is 9.68. The number of nitrogens with zero attached hydrogens (tertiary/aromatic N) is 1. The van der Waals surface area contributed by atoms with Crippen LogP contribution in [0.2, 0.25) is 0 Å². The number of Topliss-reactive ketones (excluding diaryl/α,β-unsaturated/α-hetero) is 1. The van der Waals surface area contributed by atoms with Crippen LogP contribution in [0, 0.1) is 24.2 Å². The molecule has 0 bridgehead atoms. The fraction of sp³-hybridized carbons (Fsp3) is 0.632. The van der Waals surface area contributed by atoms with E-state index in [1.807, 2.05) is 0 Å². The fourth-order valence-corrected chi connectivity index (χ4v) is 3.31. The van der Waals surface area contributed by atoms with E-state index >= 15 is 0 Å². The average Bonchev–Trinajstić information content (AvgIpc) is 2.40. The van der Waals surface area contributed by atoms with Crippen LogP contribution in [-0.2, 0) is 4.79 Å². The molecular weight excluding hydrogens is 258 g/mol. The summed E-state index contributed by atoms with van der Waals surface area (Å²) >= 11 is 0. The van der Waals surface area contributed by atoms with Gasteiger partial charge in [-0.25, -0.2) is 0 Å². The molecular formula is C19H29NO. The van der Waals surface area contributed by atoms with Crippen LogP contribution in [0.1, 0.15) is 45.6 Å². The number of carbonyl (C=O) groups is 1. The van der Waals surface area contributed by atoms with Crippen molar-refractivity contribution in [1.29, 1.82) is 0 Å². The molecule has 0 aliphatic heterocycles. The predicted molar refractivity (Wildman–Crippen MR) is 89.7 cm³/mol. The normalized spacial score (nSPS) is 23.2. The van der Waals surface area contributed by atoms with Crippen molar-refractivity contribution in [3.63, 3.8) is 0 Å². The van der Waals surface area contributed by atoms with Gasteiger partial charge in [0, 0.05) is 31.6 Å². The first-order valence-electron chi connectivity index (χ1n) is 8.08. The Hall–Kier alpha value is -1.31. The van der Waals surface area contributed by atoms with E-state index in [0.717, 1.165) is 25.8 Å². The van der Waals surface area contributed by atoms with Gasteiger partial charge >= 0.3 is 0 Å². The Morgan fingerprint density at radius 2 is 1.81 bits per heavy atom. The maximum absolute atomic E-state index is 12.3. The molecule has 0 N–H and O–H groups in total. The SMILES string of the molecule is Cc1ccc(N(C)CC2CC(C(C)(C)C)CCC2=O)cc1. The molecule has 0 heterocycles. The summed E-state index contributed by atoms with van der Waals surface area (Å²) in [6, 6.07) is 8.55. The summed E-state index contributed by atoms with van der Waals surface area (Å²) in [5.41, 5.74) is 2.78. The van der Waals surface area contributed by atoms with Crippen LogP contribution in [0.5, 0.6) is 0 Å². The van der Waals surface area contributed by atoms with Crippen molar-refractivity contribution >= 4 is 11.5 Å². The van der Waals surface area contributed by atoms with Crippen molar-refractivity contribution in [1.82, 2.24) is 0 Å². The highest BCUT2D eigenvalue weighted by atomic mass is 16.1. The largest absolute Gasteiger partial charge is 0.374 e. The summed E-state index contributed by atoms with van der Waals surface area (Å²) in [5.74, 6) is 1.30. The third-order valence-electron chi connectivity index (χ3n) is 4.96. The van der Waals surface area contributed by atoms with Gasteiger partial charge in [0.05, 0.1) is 0 Å². The second-order valence-electron chi connectivity index (χ2n) is 7.72. The molecule has 0 saturated heterocycles. The van der Waals surface area contributed by atoms with E-state index in [1.54, 1.807) is 0 Å². The highest BCUT2D eigenvalue weighted by Gasteiger charge is 2.35. The van der Waals surface area contributed by atoms with Crippen LogP contribution < -0.4 is 4.90 Å². The van der Waals surface area contributed by atoms with E-state index in [9.17, 15) is 4.79 Å². The zero-order chi connectivity index (χ0) is 15.6. The monoisotopic (exact) mass is 287 g/mol. The number of rotatable bonds is 3. The summed E-state index contributed by atoms with van der Waals surface area (Å²) < 4.78 is 0. The van der Waals surface area contributed by atoms with Gasteiger partial charge in [-0.1, -0.05) is 38.5 Å². The molecule has 0 aromatic heterocycles. The highest BCUT2D eigenvalue weighted by Crippen LogP contribution is 2.39.